The lowest BCUT2D eigenvalue weighted by Gasteiger charge is -2.26. The molecule has 1 aromatic carbocycles. The molecule has 0 aromatic heterocycles. The Morgan fingerprint density at radius 2 is 1.83 bits per heavy atom. The molecule has 5 heteroatoms. The van der Waals surface area contributed by atoms with Crippen LogP contribution in [0.5, 0.6) is 0 Å². The zero-order chi connectivity index (χ0) is 17.6. The number of likely N-dealkylation sites (N-methyl/N-ethyl adjacent to an activating group) is 1. The number of amides is 1. The van der Waals surface area contributed by atoms with Gasteiger partial charge in [0.1, 0.15) is 11.7 Å². The molecule has 0 fully saturated rings. The first-order valence-corrected chi connectivity index (χ1v) is 7.76. The molecule has 0 heterocycles. The molecule has 0 saturated carbocycles. The summed E-state index contributed by atoms with van der Waals surface area (Å²) in [4.78, 5) is 25.3. The number of carbonyl (C=O) groups excluding carboxylic acids is 2. The molecule has 0 spiro atoms. The van der Waals surface area contributed by atoms with Crippen molar-refractivity contribution in [2.24, 2.45) is 0 Å². The van der Waals surface area contributed by atoms with Crippen molar-refractivity contribution in [1.82, 2.24) is 4.90 Å². The molecule has 0 aliphatic rings. The first kappa shape index (κ1) is 19.0. The first-order chi connectivity index (χ1) is 10.6. The second-order valence-corrected chi connectivity index (χ2v) is 6.76. The molecule has 23 heavy (non-hydrogen) atoms. The molecule has 1 rings (SSSR count). The van der Waals surface area contributed by atoms with Gasteiger partial charge in [-0.25, -0.2) is 4.79 Å². The normalized spacial score (nSPS) is 12.4. The van der Waals surface area contributed by atoms with Gasteiger partial charge in [0.15, 0.2) is 0 Å². The molecule has 0 bridgehead atoms. The SMILES string of the molecule is Cc1ccccc1CC(=O)OC(C)CN(C)C(=O)OC(C)(C)C. The van der Waals surface area contributed by atoms with E-state index in [1.165, 1.54) is 4.90 Å². The van der Waals surface area contributed by atoms with Gasteiger partial charge in [-0.05, 0) is 45.7 Å². The van der Waals surface area contributed by atoms with Gasteiger partial charge < -0.3 is 14.4 Å². The summed E-state index contributed by atoms with van der Waals surface area (Å²) < 4.78 is 10.6. The van der Waals surface area contributed by atoms with Crippen molar-refractivity contribution in [1.29, 1.82) is 0 Å². The van der Waals surface area contributed by atoms with E-state index in [0.717, 1.165) is 11.1 Å². The predicted molar refractivity (Wildman–Crippen MR) is 89.3 cm³/mol. The topological polar surface area (TPSA) is 55.8 Å². The summed E-state index contributed by atoms with van der Waals surface area (Å²) in [6.07, 6.45) is -0.601. The minimum absolute atomic E-state index is 0.229. The zero-order valence-electron chi connectivity index (χ0n) is 14.9. The van der Waals surface area contributed by atoms with Crippen LogP contribution in [-0.2, 0) is 20.7 Å². The highest BCUT2D eigenvalue weighted by molar-refractivity contribution is 5.73. The molecule has 5 nitrogen and oxygen atoms in total. The fourth-order valence-electron chi connectivity index (χ4n) is 2.07. The van der Waals surface area contributed by atoms with Gasteiger partial charge in [0.2, 0.25) is 0 Å². The summed E-state index contributed by atoms with van der Waals surface area (Å²) in [5.41, 5.74) is 1.46. The van der Waals surface area contributed by atoms with Gasteiger partial charge in [-0.2, -0.15) is 0 Å². The van der Waals surface area contributed by atoms with Crippen LogP contribution in [0.3, 0.4) is 0 Å². The fraction of sp³-hybridized carbons (Fsp3) is 0.556. The van der Waals surface area contributed by atoms with Gasteiger partial charge in [-0.15, -0.1) is 0 Å². The van der Waals surface area contributed by atoms with Gasteiger partial charge in [0, 0.05) is 7.05 Å². The van der Waals surface area contributed by atoms with E-state index in [9.17, 15) is 9.59 Å². The van der Waals surface area contributed by atoms with Crippen LogP contribution in [-0.4, -0.2) is 42.3 Å². The summed E-state index contributed by atoms with van der Waals surface area (Å²) in [5.74, 6) is -0.301. The molecular weight excluding hydrogens is 294 g/mol. The van der Waals surface area contributed by atoms with Crippen molar-refractivity contribution in [2.45, 2.75) is 52.7 Å². The van der Waals surface area contributed by atoms with Gasteiger partial charge in [-0.1, -0.05) is 24.3 Å². The number of esters is 1. The molecule has 1 unspecified atom stereocenters. The van der Waals surface area contributed by atoms with E-state index < -0.39 is 17.8 Å². The Bertz CT molecular complexity index is 548. The first-order valence-electron chi connectivity index (χ1n) is 7.76. The van der Waals surface area contributed by atoms with Crippen molar-refractivity contribution in [3.8, 4) is 0 Å². The van der Waals surface area contributed by atoms with Gasteiger partial charge in [0.05, 0.1) is 13.0 Å². The van der Waals surface area contributed by atoms with Crippen LogP contribution < -0.4 is 0 Å². The van der Waals surface area contributed by atoms with Gasteiger partial charge in [0.25, 0.3) is 0 Å². The standard InChI is InChI=1S/C18H27NO4/c1-13-9-7-8-10-15(13)11-16(20)22-14(2)12-19(6)17(21)23-18(3,4)5/h7-10,14H,11-12H2,1-6H3. The molecule has 0 N–H and O–H groups in total. The molecule has 1 amide bonds. The minimum atomic E-state index is -0.546. The van der Waals surface area contributed by atoms with E-state index in [2.05, 4.69) is 0 Å². The summed E-state index contributed by atoms with van der Waals surface area (Å²) in [5, 5.41) is 0. The smallest absolute Gasteiger partial charge is 0.410 e. The zero-order valence-corrected chi connectivity index (χ0v) is 14.9. The third kappa shape index (κ3) is 7.17. The molecule has 0 aliphatic carbocycles. The third-order valence-electron chi connectivity index (χ3n) is 3.16. The Balaban J connectivity index is 2.46. The van der Waals surface area contributed by atoms with Crippen molar-refractivity contribution in [2.75, 3.05) is 13.6 Å². The van der Waals surface area contributed by atoms with Crippen LogP contribution in [0, 0.1) is 6.92 Å². The summed E-state index contributed by atoms with van der Waals surface area (Å²) in [7, 11) is 1.62. The second kappa shape index (κ2) is 7.99. The number of ether oxygens (including phenoxy) is 2. The minimum Gasteiger partial charge on any atom is -0.461 e. The van der Waals surface area contributed by atoms with Gasteiger partial charge in [-0.3, -0.25) is 4.79 Å². The lowest BCUT2D eigenvalue weighted by atomic mass is 10.1. The molecule has 1 atom stereocenters. The highest BCUT2D eigenvalue weighted by atomic mass is 16.6. The monoisotopic (exact) mass is 321 g/mol. The van der Waals surface area contributed by atoms with Crippen LogP contribution >= 0.6 is 0 Å². The van der Waals surface area contributed by atoms with E-state index in [1.54, 1.807) is 14.0 Å². The second-order valence-electron chi connectivity index (χ2n) is 6.76. The van der Waals surface area contributed by atoms with Gasteiger partial charge >= 0.3 is 12.1 Å². The molecule has 128 valence electrons. The van der Waals surface area contributed by atoms with Crippen LogP contribution in [0.25, 0.3) is 0 Å². The molecule has 0 radical (unpaired) electrons. The van der Waals surface area contributed by atoms with E-state index >= 15 is 0 Å². The number of aryl methyl sites for hydroxylation is 1. The molecular formula is C18H27NO4. The van der Waals surface area contributed by atoms with E-state index in [0.29, 0.717) is 0 Å². The lowest BCUT2D eigenvalue weighted by Crippen LogP contribution is -2.39. The maximum atomic E-state index is 12.0. The van der Waals surface area contributed by atoms with Crippen LogP contribution in [0.15, 0.2) is 24.3 Å². The number of hydrogen-bond acceptors (Lipinski definition) is 4. The predicted octanol–water partition coefficient (Wildman–Crippen LogP) is 3.34. The summed E-state index contributed by atoms with van der Waals surface area (Å²) in [6, 6.07) is 7.70. The average Bonchev–Trinajstić information content (AvgIpc) is 2.39. The molecule has 1 aromatic rings. The summed E-state index contributed by atoms with van der Waals surface area (Å²) >= 11 is 0. The highest BCUT2D eigenvalue weighted by Crippen LogP contribution is 2.11. The fourth-order valence-corrected chi connectivity index (χ4v) is 2.07. The quantitative estimate of drug-likeness (QED) is 0.781. The van der Waals surface area contributed by atoms with E-state index in [1.807, 2.05) is 52.0 Å². The molecule has 0 saturated heterocycles. The Labute approximate surface area is 138 Å². The maximum absolute atomic E-state index is 12.0. The Kier molecular flexibility index (Phi) is 6.61. The largest absolute Gasteiger partial charge is 0.461 e. The van der Waals surface area contributed by atoms with Crippen LogP contribution in [0.4, 0.5) is 4.79 Å². The molecule has 0 aliphatic heterocycles. The lowest BCUT2D eigenvalue weighted by molar-refractivity contribution is -0.148. The number of benzene rings is 1. The number of rotatable bonds is 5. The van der Waals surface area contributed by atoms with E-state index in [-0.39, 0.29) is 18.9 Å². The highest BCUT2D eigenvalue weighted by Gasteiger charge is 2.22. The van der Waals surface area contributed by atoms with Crippen molar-refractivity contribution < 1.29 is 19.1 Å². The van der Waals surface area contributed by atoms with Crippen LogP contribution in [0.2, 0.25) is 0 Å². The average molecular weight is 321 g/mol. The third-order valence-corrected chi connectivity index (χ3v) is 3.16. The van der Waals surface area contributed by atoms with E-state index in [4.69, 9.17) is 9.47 Å². The Morgan fingerprint density at radius 1 is 1.22 bits per heavy atom. The Hall–Kier alpha value is -2.04. The van der Waals surface area contributed by atoms with Crippen LogP contribution in [0.1, 0.15) is 38.8 Å². The van der Waals surface area contributed by atoms with Crippen molar-refractivity contribution in [3.63, 3.8) is 0 Å². The van der Waals surface area contributed by atoms with Crippen molar-refractivity contribution in [3.05, 3.63) is 35.4 Å². The Morgan fingerprint density at radius 3 is 2.39 bits per heavy atom. The summed E-state index contributed by atoms with van der Waals surface area (Å²) in [6.45, 7) is 9.44. The number of carbonyl (C=O) groups is 2. The number of hydrogen-bond donors (Lipinski definition) is 0. The maximum Gasteiger partial charge on any atom is 0.410 e. The number of nitrogens with zero attached hydrogens (tertiary/aromatic N) is 1. The van der Waals surface area contributed by atoms with Crippen molar-refractivity contribution >= 4 is 12.1 Å².